The maximum absolute atomic E-state index is 14.6. The number of pyridine rings is 1. The maximum Gasteiger partial charge on any atom is 0.252 e. The highest BCUT2D eigenvalue weighted by atomic mass is 32.1. The molecule has 2 aromatic carbocycles. The van der Waals surface area contributed by atoms with Crippen molar-refractivity contribution in [3.63, 3.8) is 0 Å². The van der Waals surface area contributed by atoms with Crippen molar-refractivity contribution in [2.24, 2.45) is 10.7 Å². The Labute approximate surface area is 159 Å². The summed E-state index contributed by atoms with van der Waals surface area (Å²) in [6, 6.07) is 7.67. The molecule has 27 heavy (non-hydrogen) atoms. The maximum atomic E-state index is 14.6. The van der Waals surface area contributed by atoms with Crippen LogP contribution in [0.25, 0.3) is 10.9 Å². The van der Waals surface area contributed by atoms with Gasteiger partial charge in [0.05, 0.1) is 29.0 Å². The molecule has 8 heteroatoms. The number of aliphatic imine (C=N–C) groups is 1. The Morgan fingerprint density at radius 2 is 2.04 bits per heavy atom. The molecule has 3 rings (SSSR count). The molecule has 0 atom stereocenters. The molecule has 0 aliphatic carbocycles. The lowest BCUT2D eigenvalue weighted by atomic mass is 10.1. The number of amides is 1. The lowest BCUT2D eigenvalue weighted by Crippen LogP contribution is -2.12. The molecule has 0 unspecified atom stereocenters. The van der Waals surface area contributed by atoms with Gasteiger partial charge in [-0.3, -0.25) is 9.78 Å². The average molecular weight is 383 g/mol. The van der Waals surface area contributed by atoms with Gasteiger partial charge in [-0.05, 0) is 43.4 Å². The standard InChI is InChI=1S/C19H14FN3O3S/c1-10-13(23-9-27)3-4-16(18(10)20)26-15-5-6-22-14-8-17(25-2)12(19(21)24)7-11(14)15/h3-8H,1-2H3,(H2,21,24). The summed E-state index contributed by atoms with van der Waals surface area (Å²) in [5.41, 5.74) is 6.74. The van der Waals surface area contributed by atoms with Gasteiger partial charge in [-0.1, -0.05) is 0 Å². The number of ether oxygens (including phenoxy) is 2. The van der Waals surface area contributed by atoms with Crippen LogP contribution in [0.2, 0.25) is 0 Å². The van der Waals surface area contributed by atoms with Gasteiger partial charge in [0.25, 0.3) is 5.91 Å². The second-order valence-electron chi connectivity index (χ2n) is 5.57. The van der Waals surface area contributed by atoms with Crippen molar-refractivity contribution < 1.29 is 18.7 Å². The molecule has 0 aliphatic rings. The van der Waals surface area contributed by atoms with E-state index in [1.807, 2.05) is 0 Å². The highest BCUT2D eigenvalue weighted by Crippen LogP contribution is 2.36. The van der Waals surface area contributed by atoms with Crippen LogP contribution in [0.3, 0.4) is 0 Å². The minimum absolute atomic E-state index is 0.000221. The van der Waals surface area contributed by atoms with E-state index in [1.54, 1.807) is 25.1 Å². The van der Waals surface area contributed by atoms with E-state index in [9.17, 15) is 9.18 Å². The Hall–Kier alpha value is -3.35. The Morgan fingerprint density at radius 3 is 2.70 bits per heavy atom. The zero-order valence-electron chi connectivity index (χ0n) is 14.4. The zero-order chi connectivity index (χ0) is 19.6. The van der Waals surface area contributed by atoms with Crippen molar-refractivity contribution in [2.75, 3.05) is 7.11 Å². The first-order valence-electron chi connectivity index (χ1n) is 7.77. The second kappa shape index (κ2) is 7.49. The third kappa shape index (κ3) is 3.48. The number of isothiocyanates is 1. The molecule has 6 nitrogen and oxygen atoms in total. The number of hydrogen-bond donors (Lipinski definition) is 1. The number of nitrogens with zero attached hydrogens (tertiary/aromatic N) is 2. The minimum atomic E-state index is -0.659. The molecule has 3 aromatic rings. The van der Waals surface area contributed by atoms with Crippen molar-refractivity contribution in [1.29, 1.82) is 0 Å². The highest BCUT2D eigenvalue weighted by molar-refractivity contribution is 7.78. The number of carbonyl (C=O) groups excluding carboxylic acids is 1. The van der Waals surface area contributed by atoms with Crippen molar-refractivity contribution in [1.82, 2.24) is 4.98 Å². The van der Waals surface area contributed by atoms with E-state index < -0.39 is 11.7 Å². The summed E-state index contributed by atoms with van der Waals surface area (Å²) < 4.78 is 25.6. The third-order valence-electron chi connectivity index (χ3n) is 4.00. The summed E-state index contributed by atoms with van der Waals surface area (Å²) in [5, 5.41) is 2.70. The van der Waals surface area contributed by atoms with Crippen LogP contribution in [-0.4, -0.2) is 23.2 Å². The lowest BCUT2D eigenvalue weighted by Gasteiger charge is -2.13. The molecule has 1 heterocycles. The van der Waals surface area contributed by atoms with Gasteiger partial charge in [0.1, 0.15) is 11.5 Å². The van der Waals surface area contributed by atoms with Gasteiger partial charge < -0.3 is 15.2 Å². The van der Waals surface area contributed by atoms with Gasteiger partial charge in [0, 0.05) is 23.2 Å². The van der Waals surface area contributed by atoms with Gasteiger partial charge in [0.2, 0.25) is 0 Å². The quantitative estimate of drug-likeness (QED) is 0.524. The molecular weight excluding hydrogens is 369 g/mol. The number of nitrogens with two attached hydrogens (primary N) is 1. The predicted octanol–water partition coefficient (Wildman–Crippen LogP) is 4.32. The van der Waals surface area contributed by atoms with Crippen molar-refractivity contribution in [3.05, 3.63) is 53.5 Å². The number of halogens is 1. The summed E-state index contributed by atoms with van der Waals surface area (Å²) in [5.74, 6) is -0.624. The van der Waals surface area contributed by atoms with Crippen molar-refractivity contribution in [2.45, 2.75) is 6.92 Å². The van der Waals surface area contributed by atoms with Crippen LogP contribution in [0.5, 0.6) is 17.2 Å². The van der Waals surface area contributed by atoms with Crippen LogP contribution in [0.1, 0.15) is 15.9 Å². The number of aromatic nitrogens is 1. The largest absolute Gasteiger partial charge is 0.496 e. The molecule has 2 N–H and O–H groups in total. The van der Waals surface area contributed by atoms with Crippen LogP contribution in [-0.2, 0) is 0 Å². The molecule has 0 saturated heterocycles. The number of fused-ring (bicyclic) bond motifs is 1. The number of thiocarbonyl (C=S) groups is 1. The molecule has 136 valence electrons. The summed E-state index contributed by atoms with van der Waals surface area (Å²) in [7, 11) is 1.43. The van der Waals surface area contributed by atoms with Crippen LogP contribution >= 0.6 is 12.2 Å². The van der Waals surface area contributed by atoms with E-state index in [4.69, 9.17) is 15.2 Å². The Morgan fingerprint density at radius 1 is 1.26 bits per heavy atom. The number of benzene rings is 2. The third-order valence-corrected chi connectivity index (χ3v) is 4.09. The van der Waals surface area contributed by atoms with E-state index in [0.29, 0.717) is 28.1 Å². The van der Waals surface area contributed by atoms with E-state index in [1.165, 1.54) is 25.4 Å². The molecule has 1 aromatic heterocycles. The first-order valence-corrected chi connectivity index (χ1v) is 8.18. The van der Waals surface area contributed by atoms with E-state index in [2.05, 4.69) is 27.4 Å². The molecule has 0 fully saturated rings. The molecule has 0 aliphatic heterocycles. The molecular formula is C19H14FN3O3S. The molecule has 0 spiro atoms. The zero-order valence-corrected chi connectivity index (χ0v) is 15.3. The Balaban J connectivity index is 2.13. The number of methoxy groups -OCH3 is 1. The van der Waals surface area contributed by atoms with Crippen LogP contribution in [0, 0.1) is 12.7 Å². The monoisotopic (exact) mass is 383 g/mol. The van der Waals surface area contributed by atoms with E-state index in [0.717, 1.165) is 0 Å². The fourth-order valence-corrected chi connectivity index (χ4v) is 2.71. The van der Waals surface area contributed by atoms with Gasteiger partial charge in [-0.15, -0.1) is 0 Å². The fourth-order valence-electron chi connectivity index (χ4n) is 2.62. The van der Waals surface area contributed by atoms with Crippen molar-refractivity contribution >= 4 is 39.9 Å². The topological polar surface area (TPSA) is 86.8 Å². The van der Waals surface area contributed by atoms with Crippen molar-refractivity contribution in [3.8, 4) is 17.2 Å². The average Bonchev–Trinajstić information content (AvgIpc) is 2.66. The molecule has 1 amide bonds. The van der Waals surface area contributed by atoms with Crippen LogP contribution in [0.4, 0.5) is 10.1 Å². The van der Waals surface area contributed by atoms with Gasteiger partial charge in [-0.25, -0.2) is 4.39 Å². The number of carbonyl (C=O) groups is 1. The van der Waals surface area contributed by atoms with Gasteiger partial charge >= 0.3 is 0 Å². The van der Waals surface area contributed by atoms with Crippen LogP contribution in [0.15, 0.2) is 41.5 Å². The summed E-state index contributed by atoms with van der Waals surface area (Å²) in [6.45, 7) is 1.56. The van der Waals surface area contributed by atoms with Crippen LogP contribution < -0.4 is 15.2 Å². The minimum Gasteiger partial charge on any atom is -0.496 e. The van der Waals surface area contributed by atoms with E-state index in [-0.39, 0.29) is 16.9 Å². The summed E-state index contributed by atoms with van der Waals surface area (Å²) in [6.07, 6.45) is 1.51. The Bertz CT molecular complexity index is 1110. The Kier molecular flexibility index (Phi) is 5.12. The summed E-state index contributed by atoms with van der Waals surface area (Å²) in [4.78, 5) is 19.7. The summed E-state index contributed by atoms with van der Waals surface area (Å²) >= 11 is 4.56. The first kappa shape index (κ1) is 18.4. The predicted molar refractivity (Wildman–Crippen MR) is 103 cm³/mol. The smallest absolute Gasteiger partial charge is 0.252 e. The number of rotatable bonds is 5. The lowest BCUT2D eigenvalue weighted by molar-refractivity contribution is 0.0997. The second-order valence-corrected chi connectivity index (χ2v) is 5.75. The first-order chi connectivity index (χ1) is 13.0. The van der Waals surface area contributed by atoms with Gasteiger partial charge in [0.15, 0.2) is 11.6 Å². The van der Waals surface area contributed by atoms with E-state index >= 15 is 0 Å². The number of primary amides is 1. The molecule has 0 bridgehead atoms. The molecule has 0 saturated carbocycles. The number of hydrogen-bond acceptors (Lipinski definition) is 6. The normalized spacial score (nSPS) is 10.3. The van der Waals surface area contributed by atoms with Gasteiger partial charge in [-0.2, -0.15) is 4.99 Å². The highest BCUT2D eigenvalue weighted by Gasteiger charge is 2.16. The SMILES string of the molecule is COc1cc2nccc(Oc3ccc(N=C=S)c(C)c3F)c2cc1C(N)=O. The fraction of sp³-hybridized carbons (Fsp3) is 0.105. The molecule has 0 radical (unpaired) electrons.